The Labute approximate surface area is 264 Å². The molecule has 45 heavy (non-hydrogen) atoms. The summed E-state index contributed by atoms with van der Waals surface area (Å²) in [6, 6.07) is 9.38. The zero-order valence-electron chi connectivity index (χ0n) is 25.7. The van der Waals surface area contributed by atoms with Gasteiger partial charge in [-0.05, 0) is 68.3 Å². The summed E-state index contributed by atoms with van der Waals surface area (Å²) in [6.07, 6.45) is 1.85. The lowest BCUT2D eigenvalue weighted by atomic mass is 9.92. The topological polar surface area (TPSA) is 94.5 Å². The number of alkyl halides is 3. The van der Waals surface area contributed by atoms with Crippen LogP contribution in [0.2, 0.25) is 0 Å². The van der Waals surface area contributed by atoms with Crippen molar-refractivity contribution in [3.8, 4) is 5.75 Å². The molecule has 0 bridgehead atoms. The third-order valence-corrected chi connectivity index (χ3v) is 8.28. The van der Waals surface area contributed by atoms with Gasteiger partial charge in [0, 0.05) is 19.1 Å². The number of rotatable bonds is 10. The minimum Gasteiger partial charge on any atom is -0.493 e. The van der Waals surface area contributed by atoms with E-state index in [0.29, 0.717) is 31.5 Å². The van der Waals surface area contributed by atoms with Gasteiger partial charge in [0.25, 0.3) is 0 Å². The summed E-state index contributed by atoms with van der Waals surface area (Å²) in [5, 5.41) is 13.8. The highest BCUT2D eigenvalue weighted by molar-refractivity contribution is 7.27. The summed E-state index contributed by atoms with van der Waals surface area (Å²) in [5.41, 5.74) is 0.926. The molecule has 1 saturated heterocycles. The van der Waals surface area contributed by atoms with Crippen LogP contribution in [-0.2, 0) is 11.0 Å². The Morgan fingerprint density at radius 2 is 1.84 bits per heavy atom. The minimum atomic E-state index is -4.59. The molecule has 3 unspecified atom stereocenters. The van der Waals surface area contributed by atoms with Gasteiger partial charge >= 0.3 is 12.2 Å². The van der Waals surface area contributed by atoms with E-state index >= 15 is 0 Å². The number of ether oxygens (including phenoxy) is 1. The molecule has 3 atom stereocenters. The molecule has 2 aliphatic heterocycles. The van der Waals surface area contributed by atoms with Crippen LogP contribution in [0.25, 0.3) is 0 Å². The first-order valence-electron chi connectivity index (χ1n) is 15.0. The maximum Gasteiger partial charge on any atom is 0.416 e. The zero-order chi connectivity index (χ0) is 32.7. The molecule has 12 heteroatoms. The second kappa shape index (κ2) is 15.2. The van der Waals surface area contributed by atoms with Gasteiger partial charge in [-0.1, -0.05) is 42.5 Å². The van der Waals surface area contributed by atoms with E-state index in [1.54, 1.807) is 28.9 Å². The Morgan fingerprint density at radius 1 is 1.16 bits per heavy atom. The molecule has 2 aromatic rings. The van der Waals surface area contributed by atoms with E-state index in [0.717, 1.165) is 23.0 Å². The Hall–Kier alpha value is -3.53. The molecule has 0 spiro atoms. The number of halogens is 3. The number of aliphatic hydroxyl groups is 1. The first kappa shape index (κ1) is 34.3. The lowest BCUT2D eigenvalue weighted by molar-refractivity contribution is -0.137. The van der Waals surface area contributed by atoms with Crippen LogP contribution in [0.3, 0.4) is 0 Å². The van der Waals surface area contributed by atoms with Crippen LogP contribution in [0.1, 0.15) is 56.3 Å². The number of carbonyl (C=O) groups is 2. The number of likely N-dealkylation sites (tertiary alicyclic amines) is 1. The van der Waals surface area contributed by atoms with Gasteiger partial charge in [0.2, 0.25) is 0 Å². The van der Waals surface area contributed by atoms with Gasteiger partial charge < -0.3 is 20.1 Å². The number of nitrogens with one attached hydrogen (secondary N) is 1. The molecule has 0 aromatic heterocycles. The van der Waals surface area contributed by atoms with E-state index in [-0.39, 0.29) is 54.8 Å². The maximum absolute atomic E-state index is 14.6. The van der Waals surface area contributed by atoms with Crippen molar-refractivity contribution >= 4 is 32.2 Å². The van der Waals surface area contributed by atoms with Crippen LogP contribution in [0.4, 0.5) is 18.0 Å². The lowest BCUT2D eigenvalue weighted by Crippen LogP contribution is -2.54. The number of hydrogen-bond donors (Lipinski definition) is 2. The van der Waals surface area contributed by atoms with Crippen molar-refractivity contribution in [2.75, 3.05) is 32.8 Å². The molecular weight excluding hydrogens is 604 g/mol. The van der Waals surface area contributed by atoms with E-state index in [1.165, 1.54) is 13.0 Å². The first-order chi connectivity index (χ1) is 21.5. The van der Waals surface area contributed by atoms with E-state index in [4.69, 9.17) is 9.73 Å². The summed E-state index contributed by atoms with van der Waals surface area (Å²) >= 11 is 0. The van der Waals surface area contributed by atoms with Gasteiger partial charge in [0.1, 0.15) is 23.4 Å². The Balaban J connectivity index is 1.84. The molecule has 1 fully saturated rings. The van der Waals surface area contributed by atoms with Gasteiger partial charge in [0.05, 0.1) is 36.9 Å². The van der Waals surface area contributed by atoms with Crippen molar-refractivity contribution in [2.45, 2.75) is 57.9 Å². The summed E-state index contributed by atoms with van der Waals surface area (Å²) in [5.74, 6) is 0.214. The number of allylic oxidation sites excluding steroid dienone is 1. The third kappa shape index (κ3) is 8.20. The summed E-state index contributed by atoms with van der Waals surface area (Å²) in [6.45, 7) is 6.02. The number of ketones is 1. The zero-order valence-corrected chi connectivity index (χ0v) is 26.8. The minimum absolute atomic E-state index is 0.0244. The number of amides is 2. The highest BCUT2D eigenvalue weighted by Gasteiger charge is 2.45. The molecular formula is C33H40F3N4O4P. The average Bonchev–Trinajstić information content (AvgIpc) is 3.40. The largest absolute Gasteiger partial charge is 0.493 e. The highest BCUT2D eigenvalue weighted by atomic mass is 31.0. The van der Waals surface area contributed by atoms with Gasteiger partial charge in [-0.2, -0.15) is 13.2 Å². The second-order valence-corrected chi connectivity index (χ2v) is 11.7. The Kier molecular flexibility index (Phi) is 11.6. The number of piperidine rings is 1. The number of nitrogens with zero attached hydrogens (tertiary/aromatic N) is 3. The van der Waals surface area contributed by atoms with Crippen molar-refractivity contribution in [1.82, 2.24) is 15.1 Å². The molecule has 8 nitrogen and oxygen atoms in total. The normalized spacial score (nSPS) is 19.7. The monoisotopic (exact) mass is 644 g/mol. The summed E-state index contributed by atoms with van der Waals surface area (Å²) in [7, 11) is 2.63. The van der Waals surface area contributed by atoms with Crippen LogP contribution >= 0.6 is 9.24 Å². The number of benzene rings is 2. The van der Waals surface area contributed by atoms with E-state index in [1.807, 2.05) is 37.3 Å². The number of Topliss-reactive ketones (excluding diaryl/α,β-unsaturated/α-hetero) is 1. The third-order valence-electron chi connectivity index (χ3n) is 7.90. The molecule has 0 radical (unpaired) electrons. The fourth-order valence-corrected chi connectivity index (χ4v) is 5.85. The van der Waals surface area contributed by atoms with Crippen LogP contribution in [0.5, 0.6) is 5.75 Å². The van der Waals surface area contributed by atoms with Gasteiger partial charge in [-0.15, -0.1) is 9.24 Å². The highest BCUT2D eigenvalue weighted by Crippen LogP contribution is 2.41. The lowest BCUT2D eigenvalue weighted by Gasteiger charge is -2.38. The van der Waals surface area contributed by atoms with Crippen molar-refractivity contribution < 1.29 is 32.6 Å². The second-order valence-electron chi connectivity index (χ2n) is 11.0. The molecule has 0 aliphatic carbocycles. The average molecular weight is 645 g/mol. The SMILES string of the molecule is C/C=C(\C=C/CO)C1C(c2ccc(P)cc2)N=C(c2ccc(C(F)(F)F)cc2OCC)N1C(=O)N1CCC(NCC(C)=O)CC1. The number of hydrogen-bond acceptors (Lipinski definition) is 6. The molecule has 242 valence electrons. The number of aliphatic imine (C=N–C) groups is 1. The first-order valence-corrected chi connectivity index (χ1v) is 15.6. The quantitative estimate of drug-likeness (QED) is 0.280. The molecule has 0 saturated carbocycles. The van der Waals surface area contributed by atoms with Crippen LogP contribution in [0, 0.1) is 0 Å². The number of amidine groups is 1. The van der Waals surface area contributed by atoms with Gasteiger partial charge in [-0.25, -0.2) is 4.79 Å². The van der Waals surface area contributed by atoms with Crippen molar-refractivity contribution in [1.29, 1.82) is 0 Å². The van der Waals surface area contributed by atoms with E-state index in [9.17, 15) is 27.9 Å². The molecule has 2 aliphatic rings. The number of aliphatic hydroxyl groups excluding tert-OH is 1. The van der Waals surface area contributed by atoms with Crippen molar-refractivity contribution in [3.63, 3.8) is 0 Å². The van der Waals surface area contributed by atoms with Crippen LogP contribution < -0.4 is 15.4 Å². The molecule has 2 N–H and O–H groups in total. The molecule has 2 heterocycles. The van der Waals surface area contributed by atoms with Gasteiger partial charge in [-0.3, -0.25) is 14.7 Å². The standard InChI is InChI=1S/C33H40F3N4O4P/c1-4-22(7-6-18-41)30-29(23-8-11-26(45)12-9-23)38-31(27-13-10-24(33(34,35)36)19-28(27)44-5-2)40(30)32(43)39-16-14-25(15-17-39)37-20-21(3)42/h4,6-13,19,25,29-30,37,41H,5,14-18,20,45H2,1-3H3/b7-6-,22-4+. The Bertz CT molecular complexity index is 1450. The summed E-state index contributed by atoms with van der Waals surface area (Å²) in [4.78, 5) is 34.4. The Morgan fingerprint density at radius 3 is 2.42 bits per heavy atom. The predicted octanol–water partition coefficient (Wildman–Crippen LogP) is 5.03. The van der Waals surface area contributed by atoms with Crippen molar-refractivity contribution in [3.05, 3.63) is 83.0 Å². The maximum atomic E-state index is 14.6. The fraction of sp³-hybridized carbons (Fsp3) is 0.424. The van der Waals surface area contributed by atoms with Crippen LogP contribution in [0.15, 0.2) is 71.3 Å². The molecule has 2 aromatic carbocycles. The van der Waals surface area contributed by atoms with Crippen LogP contribution in [-0.4, -0.2) is 77.5 Å². The van der Waals surface area contributed by atoms with E-state index < -0.39 is 23.8 Å². The molecule has 2 amide bonds. The van der Waals surface area contributed by atoms with Gasteiger partial charge in [0.15, 0.2) is 0 Å². The number of urea groups is 1. The number of carbonyl (C=O) groups excluding carboxylic acids is 2. The smallest absolute Gasteiger partial charge is 0.416 e. The predicted molar refractivity (Wildman–Crippen MR) is 172 cm³/mol. The summed E-state index contributed by atoms with van der Waals surface area (Å²) < 4.78 is 46.9. The van der Waals surface area contributed by atoms with E-state index in [2.05, 4.69) is 14.6 Å². The molecule has 4 rings (SSSR count). The fourth-order valence-electron chi connectivity index (χ4n) is 5.66. The van der Waals surface area contributed by atoms with Crippen molar-refractivity contribution in [2.24, 2.45) is 4.99 Å².